The number of ether oxygens (including phenoxy) is 2. The molecule has 122 valence electrons. The van der Waals surface area contributed by atoms with Gasteiger partial charge in [0.1, 0.15) is 0 Å². The van der Waals surface area contributed by atoms with Crippen molar-refractivity contribution in [2.45, 2.75) is 47.0 Å². The topological polar surface area (TPSA) is 52.6 Å². The Hall–Kier alpha value is -1.84. The van der Waals surface area contributed by atoms with E-state index in [-0.39, 0.29) is 17.7 Å². The fourth-order valence-electron chi connectivity index (χ4n) is 2.10. The molecule has 4 nitrogen and oxygen atoms in total. The number of aryl methyl sites for hydroxylation is 1. The number of rotatable bonds is 8. The summed E-state index contributed by atoms with van der Waals surface area (Å²) >= 11 is 0. The third-order valence-corrected chi connectivity index (χ3v) is 3.37. The second kappa shape index (κ2) is 9.23. The molecule has 0 radical (unpaired) electrons. The van der Waals surface area contributed by atoms with E-state index in [1.165, 1.54) is 0 Å². The summed E-state index contributed by atoms with van der Waals surface area (Å²) in [6.45, 7) is 8.64. The molecule has 0 atom stereocenters. The van der Waals surface area contributed by atoms with Gasteiger partial charge in [-0.3, -0.25) is 0 Å². The van der Waals surface area contributed by atoms with Crippen molar-refractivity contribution in [1.29, 1.82) is 0 Å². The van der Waals surface area contributed by atoms with Gasteiger partial charge in [0.15, 0.2) is 0 Å². The third kappa shape index (κ3) is 5.51. The molecule has 0 saturated heterocycles. The van der Waals surface area contributed by atoms with Gasteiger partial charge in [0.05, 0.1) is 24.3 Å². The molecule has 0 saturated carbocycles. The summed E-state index contributed by atoms with van der Waals surface area (Å²) in [6, 6.07) is 5.20. The summed E-state index contributed by atoms with van der Waals surface area (Å²) < 4.78 is 10.3. The van der Waals surface area contributed by atoms with Gasteiger partial charge < -0.3 is 9.47 Å². The van der Waals surface area contributed by atoms with Crippen LogP contribution in [0.25, 0.3) is 0 Å². The Balaban J connectivity index is 2.83. The van der Waals surface area contributed by atoms with Crippen molar-refractivity contribution >= 4 is 11.9 Å². The predicted octanol–water partition coefficient (Wildman–Crippen LogP) is 4.02. The minimum atomic E-state index is -0.480. The van der Waals surface area contributed by atoms with Crippen molar-refractivity contribution in [3.63, 3.8) is 0 Å². The van der Waals surface area contributed by atoms with Crippen LogP contribution in [-0.4, -0.2) is 25.2 Å². The molecule has 1 aromatic rings. The average molecular weight is 306 g/mol. The van der Waals surface area contributed by atoms with Crippen molar-refractivity contribution < 1.29 is 19.1 Å². The molecule has 1 rings (SSSR count). The molecule has 0 spiro atoms. The maximum Gasteiger partial charge on any atom is 0.339 e. The molecule has 0 heterocycles. The molecular formula is C18H26O4. The molecule has 0 amide bonds. The van der Waals surface area contributed by atoms with E-state index >= 15 is 0 Å². The number of hydrogen-bond donors (Lipinski definition) is 0. The molecule has 0 aliphatic heterocycles. The molecule has 0 aromatic heterocycles. The van der Waals surface area contributed by atoms with E-state index in [4.69, 9.17) is 9.47 Å². The van der Waals surface area contributed by atoms with E-state index < -0.39 is 11.9 Å². The zero-order valence-electron chi connectivity index (χ0n) is 14.0. The van der Waals surface area contributed by atoms with Crippen molar-refractivity contribution in [3.05, 3.63) is 34.9 Å². The summed E-state index contributed by atoms with van der Waals surface area (Å²) in [5.74, 6) is -0.362. The molecule has 0 fully saturated rings. The van der Waals surface area contributed by atoms with Gasteiger partial charge in [-0.15, -0.1) is 0 Å². The van der Waals surface area contributed by atoms with Crippen LogP contribution in [0, 0.1) is 5.92 Å². The number of esters is 2. The number of carbonyl (C=O) groups excluding carboxylic acids is 2. The summed E-state index contributed by atoms with van der Waals surface area (Å²) in [6.07, 6.45) is 2.62. The first-order valence-electron chi connectivity index (χ1n) is 7.96. The fraction of sp³-hybridized carbons (Fsp3) is 0.556. The zero-order valence-corrected chi connectivity index (χ0v) is 14.0. The molecule has 22 heavy (non-hydrogen) atoms. The van der Waals surface area contributed by atoms with E-state index in [9.17, 15) is 9.59 Å². The molecule has 4 heteroatoms. The van der Waals surface area contributed by atoms with E-state index in [1.807, 2.05) is 13.0 Å². The Kier molecular flexibility index (Phi) is 7.64. The lowest BCUT2D eigenvalue weighted by molar-refractivity contribution is 0.0460. The minimum absolute atomic E-state index is 0.276. The van der Waals surface area contributed by atoms with Crippen LogP contribution < -0.4 is 0 Å². The quantitative estimate of drug-likeness (QED) is 0.537. The summed E-state index contributed by atoms with van der Waals surface area (Å²) in [4.78, 5) is 24.2. The summed E-state index contributed by atoms with van der Waals surface area (Å²) in [7, 11) is 0. The van der Waals surface area contributed by atoms with Crippen LogP contribution in [-0.2, 0) is 15.9 Å². The maximum absolute atomic E-state index is 12.2. The first-order chi connectivity index (χ1) is 10.5. The highest BCUT2D eigenvalue weighted by molar-refractivity contribution is 6.03. The predicted molar refractivity (Wildman–Crippen MR) is 86.1 cm³/mol. The monoisotopic (exact) mass is 306 g/mol. The lowest BCUT2D eigenvalue weighted by Gasteiger charge is -2.11. The molecule has 1 aromatic carbocycles. The smallest absolute Gasteiger partial charge is 0.339 e. The summed E-state index contributed by atoms with van der Waals surface area (Å²) in [5.41, 5.74) is 1.55. The number of hydrogen-bond acceptors (Lipinski definition) is 4. The Morgan fingerprint density at radius 2 is 1.73 bits per heavy atom. The van der Waals surface area contributed by atoms with Crippen molar-refractivity contribution in [3.8, 4) is 0 Å². The molecule has 0 aliphatic rings. The average Bonchev–Trinajstić information content (AvgIpc) is 2.50. The first-order valence-corrected chi connectivity index (χ1v) is 7.96. The van der Waals surface area contributed by atoms with Gasteiger partial charge in [0, 0.05) is 0 Å². The van der Waals surface area contributed by atoms with Crippen LogP contribution in [0.2, 0.25) is 0 Å². The number of carbonyl (C=O) groups is 2. The van der Waals surface area contributed by atoms with Crippen LogP contribution in [0.5, 0.6) is 0 Å². The first kappa shape index (κ1) is 18.2. The third-order valence-electron chi connectivity index (χ3n) is 3.37. The van der Waals surface area contributed by atoms with Gasteiger partial charge in [0.25, 0.3) is 0 Å². The van der Waals surface area contributed by atoms with Crippen LogP contribution in [0.15, 0.2) is 18.2 Å². The Bertz CT molecular complexity index is 506. The highest BCUT2D eigenvalue weighted by Crippen LogP contribution is 2.16. The Morgan fingerprint density at radius 1 is 1.05 bits per heavy atom. The van der Waals surface area contributed by atoms with E-state index in [2.05, 4.69) is 13.8 Å². The maximum atomic E-state index is 12.2. The van der Waals surface area contributed by atoms with Crippen LogP contribution in [0.4, 0.5) is 0 Å². The van der Waals surface area contributed by atoms with E-state index in [0.29, 0.717) is 12.5 Å². The minimum Gasteiger partial charge on any atom is -0.462 e. The van der Waals surface area contributed by atoms with E-state index in [1.54, 1.807) is 19.1 Å². The Labute approximate surface area is 132 Å². The van der Waals surface area contributed by atoms with Crippen LogP contribution in [0.3, 0.4) is 0 Å². The highest BCUT2D eigenvalue weighted by Gasteiger charge is 2.19. The van der Waals surface area contributed by atoms with Gasteiger partial charge in [0.2, 0.25) is 0 Å². The second-order valence-corrected chi connectivity index (χ2v) is 5.63. The normalized spacial score (nSPS) is 10.6. The van der Waals surface area contributed by atoms with Crippen LogP contribution >= 0.6 is 0 Å². The van der Waals surface area contributed by atoms with Crippen molar-refractivity contribution in [2.24, 2.45) is 5.92 Å². The standard InChI is InChI=1S/C18H26O4/c1-5-14-9-10-15(16(12-14)18(20)21-6-2)17(19)22-11-7-8-13(3)4/h9-10,12-13H,5-8,11H2,1-4H3. The SMILES string of the molecule is CCOC(=O)c1cc(CC)ccc1C(=O)OCCCC(C)C. The summed E-state index contributed by atoms with van der Waals surface area (Å²) in [5, 5.41) is 0. The van der Waals surface area contributed by atoms with Gasteiger partial charge in [-0.25, -0.2) is 9.59 Å². The molecule has 0 unspecified atom stereocenters. The van der Waals surface area contributed by atoms with E-state index in [0.717, 1.165) is 24.8 Å². The van der Waals surface area contributed by atoms with Gasteiger partial charge >= 0.3 is 11.9 Å². The fourth-order valence-corrected chi connectivity index (χ4v) is 2.10. The van der Waals surface area contributed by atoms with Crippen molar-refractivity contribution in [1.82, 2.24) is 0 Å². The molecule has 0 N–H and O–H groups in total. The lowest BCUT2D eigenvalue weighted by Crippen LogP contribution is -2.15. The molecule has 0 bridgehead atoms. The van der Waals surface area contributed by atoms with Gasteiger partial charge in [-0.2, -0.15) is 0 Å². The van der Waals surface area contributed by atoms with Crippen LogP contribution in [0.1, 0.15) is 66.8 Å². The largest absolute Gasteiger partial charge is 0.462 e. The molecule has 0 aliphatic carbocycles. The van der Waals surface area contributed by atoms with Gasteiger partial charge in [-0.1, -0.05) is 26.8 Å². The van der Waals surface area contributed by atoms with Gasteiger partial charge in [-0.05, 0) is 49.8 Å². The number of benzene rings is 1. The Morgan fingerprint density at radius 3 is 2.32 bits per heavy atom. The van der Waals surface area contributed by atoms with Crippen molar-refractivity contribution in [2.75, 3.05) is 13.2 Å². The lowest BCUT2D eigenvalue weighted by atomic mass is 10.0. The zero-order chi connectivity index (χ0) is 16.5. The second-order valence-electron chi connectivity index (χ2n) is 5.63. The highest BCUT2D eigenvalue weighted by atomic mass is 16.5. The molecular weight excluding hydrogens is 280 g/mol.